The van der Waals surface area contributed by atoms with Gasteiger partial charge in [0.1, 0.15) is 5.02 Å². The first-order chi connectivity index (χ1) is 14.0. The molecule has 0 N–H and O–H groups in total. The van der Waals surface area contributed by atoms with E-state index in [1.807, 2.05) is 42.5 Å². The summed E-state index contributed by atoms with van der Waals surface area (Å²) in [4.78, 5) is 38.6. The van der Waals surface area contributed by atoms with Crippen molar-refractivity contribution in [1.29, 1.82) is 0 Å². The first-order valence-corrected chi connectivity index (χ1v) is 9.62. The maximum absolute atomic E-state index is 13.3. The zero-order valence-corrected chi connectivity index (χ0v) is 16.6. The normalized spacial score (nSPS) is 15.3. The van der Waals surface area contributed by atoms with Crippen molar-refractivity contribution in [2.45, 2.75) is 25.9 Å². The summed E-state index contributed by atoms with van der Waals surface area (Å²) in [6, 6.07) is 9.21. The van der Waals surface area contributed by atoms with E-state index in [1.54, 1.807) is 6.08 Å². The lowest BCUT2D eigenvalue weighted by Crippen LogP contribution is -2.42. The van der Waals surface area contributed by atoms with Gasteiger partial charge in [0.2, 0.25) is 0 Å². The van der Waals surface area contributed by atoms with Crippen molar-refractivity contribution in [3.63, 3.8) is 0 Å². The molecule has 1 aliphatic heterocycles. The molecule has 1 aliphatic carbocycles. The molecule has 7 heteroatoms. The molecule has 6 nitrogen and oxygen atoms in total. The number of aromatic nitrogens is 2. The number of fused-ring (bicyclic) bond motifs is 2. The lowest BCUT2D eigenvalue weighted by molar-refractivity contribution is -0.136. The van der Waals surface area contributed by atoms with Crippen molar-refractivity contribution in [2.24, 2.45) is 0 Å². The van der Waals surface area contributed by atoms with Gasteiger partial charge in [-0.2, -0.15) is 0 Å². The molecular formula is C22H19ClN2O4. The van der Waals surface area contributed by atoms with Crippen molar-refractivity contribution >= 4 is 23.1 Å². The van der Waals surface area contributed by atoms with E-state index in [0.29, 0.717) is 24.1 Å². The number of ether oxygens (including phenoxy) is 1. The van der Waals surface area contributed by atoms with Gasteiger partial charge < -0.3 is 4.74 Å². The van der Waals surface area contributed by atoms with Crippen molar-refractivity contribution in [2.75, 3.05) is 7.11 Å². The Balaban J connectivity index is 1.95. The number of halogens is 1. The summed E-state index contributed by atoms with van der Waals surface area (Å²) in [6.45, 7) is 0.0875. The van der Waals surface area contributed by atoms with Crippen LogP contribution >= 0.6 is 11.6 Å². The monoisotopic (exact) mass is 410 g/mol. The zero-order valence-electron chi connectivity index (χ0n) is 15.9. The number of carbonyl (C=O) groups excluding carboxylic acids is 1. The predicted molar refractivity (Wildman–Crippen MR) is 111 cm³/mol. The van der Waals surface area contributed by atoms with Crippen LogP contribution in [0.3, 0.4) is 0 Å². The van der Waals surface area contributed by atoms with Gasteiger partial charge in [-0.05, 0) is 35.6 Å². The van der Waals surface area contributed by atoms with E-state index in [-0.39, 0.29) is 18.1 Å². The summed E-state index contributed by atoms with van der Waals surface area (Å²) in [5.74, 6) is -0.511. The van der Waals surface area contributed by atoms with Gasteiger partial charge in [0.25, 0.3) is 5.56 Å². The summed E-state index contributed by atoms with van der Waals surface area (Å²) in [6.07, 6.45) is 6.83. The average Bonchev–Trinajstić information content (AvgIpc) is 2.93. The van der Waals surface area contributed by atoms with Crippen LogP contribution in [0.4, 0.5) is 0 Å². The number of allylic oxidation sites excluding steroid dienone is 5. The second kappa shape index (κ2) is 7.72. The van der Waals surface area contributed by atoms with Gasteiger partial charge in [0.15, 0.2) is 0 Å². The molecule has 0 amide bonds. The van der Waals surface area contributed by atoms with Gasteiger partial charge in [-0.25, -0.2) is 9.59 Å². The first kappa shape index (κ1) is 19.2. The fourth-order valence-corrected chi connectivity index (χ4v) is 4.07. The van der Waals surface area contributed by atoms with Crippen molar-refractivity contribution in [1.82, 2.24) is 9.13 Å². The van der Waals surface area contributed by atoms with E-state index in [9.17, 15) is 14.4 Å². The Morgan fingerprint density at radius 3 is 2.59 bits per heavy atom. The van der Waals surface area contributed by atoms with Crippen molar-refractivity contribution < 1.29 is 9.53 Å². The minimum absolute atomic E-state index is 0.0113. The molecule has 0 atom stereocenters. The van der Waals surface area contributed by atoms with Crippen LogP contribution in [-0.2, 0) is 22.6 Å². The van der Waals surface area contributed by atoms with Gasteiger partial charge in [-0.15, -0.1) is 0 Å². The summed E-state index contributed by atoms with van der Waals surface area (Å²) in [5.41, 5.74) is 2.16. The molecule has 0 unspecified atom stereocenters. The number of esters is 1. The number of benzene rings is 1. The smallest absolute Gasteiger partial charge is 0.335 e. The lowest BCUT2D eigenvalue weighted by atomic mass is 9.93. The van der Waals surface area contributed by atoms with Crippen LogP contribution in [-0.4, -0.2) is 22.2 Å². The van der Waals surface area contributed by atoms with E-state index in [2.05, 4.69) is 0 Å². The van der Waals surface area contributed by atoms with Gasteiger partial charge in [-0.1, -0.05) is 54.1 Å². The summed E-state index contributed by atoms with van der Waals surface area (Å²) < 4.78 is 7.42. The van der Waals surface area contributed by atoms with Crippen LogP contribution in [0.5, 0.6) is 0 Å². The molecular weight excluding hydrogens is 392 g/mol. The van der Waals surface area contributed by atoms with E-state index >= 15 is 0 Å². The Morgan fingerprint density at radius 2 is 1.86 bits per heavy atom. The fourth-order valence-electron chi connectivity index (χ4n) is 3.76. The van der Waals surface area contributed by atoms with Gasteiger partial charge >= 0.3 is 11.7 Å². The van der Waals surface area contributed by atoms with Crippen molar-refractivity contribution in [3.8, 4) is 0 Å². The van der Waals surface area contributed by atoms with Crippen LogP contribution in [0.1, 0.15) is 24.1 Å². The zero-order chi connectivity index (χ0) is 20.5. The minimum atomic E-state index is -0.533. The third-order valence-corrected chi connectivity index (χ3v) is 5.52. The molecule has 1 aromatic heterocycles. The van der Waals surface area contributed by atoms with Gasteiger partial charge in [0, 0.05) is 0 Å². The molecule has 0 saturated heterocycles. The second-order valence-electron chi connectivity index (χ2n) is 6.95. The molecule has 0 spiro atoms. The molecule has 2 aliphatic rings. The summed E-state index contributed by atoms with van der Waals surface area (Å²) in [7, 11) is 1.30. The molecule has 29 heavy (non-hydrogen) atoms. The van der Waals surface area contributed by atoms with Crippen LogP contribution < -0.4 is 11.2 Å². The summed E-state index contributed by atoms with van der Waals surface area (Å²) in [5, 5.41) is -0.0113. The maximum Gasteiger partial charge on any atom is 0.335 e. The molecule has 0 bridgehead atoms. The Labute approximate surface area is 172 Å². The summed E-state index contributed by atoms with van der Waals surface area (Å²) >= 11 is 6.52. The predicted octanol–water partition coefficient (Wildman–Crippen LogP) is 2.93. The molecule has 1 aromatic carbocycles. The largest absolute Gasteiger partial charge is 0.466 e. The van der Waals surface area contributed by atoms with Crippen LogP contribution in [0, 0.1) is 0 Å². The number of hydrogen-bond acceptors (Lipinski definition) is 4. The highest BCUT2D eigenvalue weighted by molar-refractivity contribution is 6.32. The van der Waals surface area contributed by atoms with E-state index in [4.69, 9.17) is 16.3 Å². The Kier molecular flexibility index (Phi) is 5.11. The number of rotatable bonds is 3. The van der Waals surface area contributed by atoms with E-state index in [1.165, 1.54) is 11.7 Å². The highest BCUT2D eigenvalue weighted by Crippen LogP contribution is 2.34. The molecule has 0 radical (unpaired) electrons. The molecule has 4 rings (SSSR count). The molecule has 148 valence electrons. The highest BCUT2D eigenvalue weighted by atomic mass is 35.5. The van der Waals surface area contributed by atoms with Crippen molar-refractivity contribution in [3.05, 3.63) is 96.8 Å². The number of nitrogens with zero attached hydrogens (tertiary/aromatic N) is 2. The SMILES string of the molecule is COC(=O)C1=CC2=C(CC=CC2)c2c(Cl)c(=O)n(Cc3ccccc3)c(=O)n2C1. The Hall–Kier alpha value is -3.12. The Bertz CT molecular complexity index is 1200. The van der Waals surface area contributed by atoms with Gasteiger partial charge in [0.05, 0.1) is 31.5 Å². The van der Waals surface area contributed by atoms with Gasteiger partial charge in [-0.3, -0.25) is 13.9 Å². The molecule has 0 saturated carbocycles. The van der Waals surface area contributed by atoms with Crippen LogP contribution in [0.2, 0.25) is 5.02 Å². The second-order valence-corrected chi connectivity index (χ2v) is 7.33. The molecule has 2 aromatic rings. The fraction of sp³-hybridized carbons (Fsp3) is 0.227. The first-order valence-electron chi connectivity index (χ1n) is 9.24. The minimum Gasteiger partial charge on any atom is -0.466 e. The van der Waals surface area contributed by atoms with Crippen LogP contribution in [0.15, 0.2) is 69.3 Å². The number of hydrogen-bond donors (Lipinski definition) is 0. The number of methoxy groups -OCH3 is 1. The molecule has 2 heterocycles. The molecule has 0 fully saturated rings. The maximum atomic E-state index is 13.3. The van der Waals surface area contributed by atoms with E-state index < -0.39 is 17.2 Å². The van der Waals surface area contributed by atoms with E-state index in [0.717, 1.165) is 21.3 Å². The third kappa shape index (κ3) is 3.40. The lowest BCUT2D eigenvalue weighted by Gasteiger charge is -2.19. The Morgan fingerprint density at radius 1 is 1.14 bits per heavy atom. The quantitative estimate of drug-likeness (QED) is 0.576. The number of carbonyl (C=O) groups is 1. The standard InChI is InChI=1S/C22H19ClN2O4/c1-29-21(27)16-11-15-9-5-6-10-17(15)19-18(23)20(26)25(22(28)24(19)13-16)12-14-7-3-2-4-8-14/h2-8,11H,9-10,12-13H2,1H3. The highest BCUT2D eigenvalue weighted by Gasteiger charge is 2.27. The third-order valence-electron chi connectivity index (χ3n) is 5.18. The topological polar surface area (TPSA) is 70.3 Å². The average molecular weight is 411 g/mol. The van der Waals surface area contributed by atoms with Crippen LogP contribution in [0.25, 0.3) is 5.57 Å².